The van der Waals surface area contributed by atoms with Gasteiger partial charge in [-0.15, -0.1) is 0 Å². The van der Waals surface area contributed by atoms with Crippen LogP contribution in [0.4, 0.5) is 0 Å². The van der Waals surface area contributed by atoms with Gasteiger partial charge >= 0.3 is 0 Å². The Hall–Kier alpha value is -2.97. The minimum absolute atomic E-state index is 0.00844. The number of aliphatic hydroxyl groups excluding tert-OH is 1. The van der Waals surface area contributed by atoms with Crippen LogP contribution >= 0.6 is 0 Å². The van der Waals surface area contributed by atoms with Gasteiger partial charge in [0.2, 0.25) is 0 Å². The average Bonchev–Trinajstić information content (AvgIpc) is 2.69. The normalized spacial score (nSPS) is 12.8. The standard InChI is InChI=1S/C20H26N2O6/c1-14(11-26-18-6-8-19(9-7-18)28-13-20(21)25)22-10-16(24)12-27-17-4-2-15(23)3-5-17/h2-9,14,16,22-24H,10-13H2,1H3,(H2,21,25). The quantitative estimate of drug-likeness (QED) is 0.427. The van der Waals surface area contributed by atoms with Crippen molar-refractivity contribution in [2.24, 2.45) is 5.73 Å². The van der Waals surface area contributed by atoms with Crippen LogP contribution < -0.4 is 25.3 Å². The Morgan fingerprint density at radius 1 is 0.964 bits per heavy atom. The zero-order valence-corrected chi connectivity index (χ0v) is 15.7. The third-order valence-corrected chi connectivity index (χ3v) is 3.69. The van der Waals surface area contributed by atoms with Gasteiger partial charge in [0.25, 0.3) is 5.91 Å². The number of phenols is 1. The second-order valence-electron chi connectivity index (χ2n) is 6.31. The van der Waals surface area contributed by atoms with Gasteiger partial charge in [0.15, 0.2) is 6.61 Å². The van der Waals surface area contributed by atoms with E-state index < -0.39 is 12.0 Å². The molecule has 2 aromatic carbocycles. The molecule has 0 fully saturated rings. The molecule has 0 aliphatic carbocycles. The zero-order valence-electron chi connectivity index (χ0n) is 15.7. The number of rotatable bonds is 12. The number of hydrogen-bond acceptors (Lipinski definition) is 7. The zero-order chi connectivity index (χ0) is 20.4. The summed E-state index contributed by atoms with van der Waals surface area (Å²) in [7, 11) is 0. The van der Waals surface area contributed by atoms with E-state index in [9.17, 15) is 15.0 Å². The van der Waals surface area contributed by atoms with Crippen LogP contribution in [0.3, 0.4) is 0 Å². The molecule has 0 saturated carbocycles. The van der Waals surface area contributed by atoms with Crippen molar-refractivity contribution in [2.45, 2.75) is 19.1 Å². The van der Waals surface area contributed by atoms with E-state index in [1.54, 1.807) is 36.4 Å². The van der Waals surface area contributed by atoms with Gasteiger partial charge < -0.3 is 35.5 Å². The fraction of sp³-hybridized carbons (Fsp3) is 0.350. The predicted octanol–water partition coefficient (Wildman–Crippen LogP) is 1.05. The summed E-state index contributed by atoms with van der Waals surface area (Å²) in [6, 6.07) is 13.2. The first kappa shape index (κ1) is 21.3. The Bertz CT molecular complexity index is 720. The predicted molar refractivity (Wildman–Crippen MR) is 104 cm³/mol. The van der Waals surface area contributed by atoms with Crippen LogP contribution in [0.15, 0.2) is 48.5 Å². The van der Waals surface area contributed by atoms with Gasteiger partial charge in [-0.1, -0.05) is 0 Å². The number of ether oxygens (including phenoxy) is 3. The molecule has 0 aliphatic heterocycles. The SMILES string of the molecule is CC(COc1ccc(OCC(N)=O)cc1)NCC(O)COc1ccc(O)cc1. The van der Waals surface area contributed by atoms with Crippen LogP contribution in [-0.2, 0) is 4.79 Å². The van der Waals surface area contributed by atoms with E-state index >= 15 is 0 Å². The fourth-order valence-corrected chi connectivity index (χ4v) is 2.20. The smallest absolute Gasteiger partial charge is 0.255 e. The van der Waals surface area contributed by atoms with Crippen LogP contribution in [-0.4, -0.2) is 54.6 Å². The highest BCUT2D eigenvalue weighted by Gasteiger charge is 2.09. The van der Waals surface area contributed by atoms with Crippen molar-refractivity contribution >= 4 is 5.91 Å². The third kappa shape index (κ3) is 8.15. The first-order valence-electron chi connectivity index (χ1n) is 8.89. The molecule has 1 amide bonds. The molecule has 0 saturated heterocycles. The van der Waals surface area contributed by atoms with Crippen LogP contribution in [0.1, 0.15) is 6.92 Å². The summed E-state index contributed by atoms with van der Waals surface area (Å²) in [6.07, 6.45) is -0.682. The maximum absolute atomic E-state index is 10.7. The van der Waals surface area contributed by atoms with E-state index in [0.29, 0.717) is 30.4 Å². The summed E-state index contributed by atoms with van der Waals surface area (Å²) >= 11 is 0. The summed E-state index contributed by atoms with van der Waals surface area (Å²) in [5.41, 5.74) is 5.02. The van der Waals surface area contributed by atoms with Crippen LogP contribution in [0, 0.1) is 0 Å². The number of benzene rings is 2. The molecule has 2 unspecified atom stereocenters. The number of carbonyl (C=O) groups is 1. The maximum Gasteiger partial charge on any atom is 0.255 e. The molecular weight excluding hydrogens is 364 g/mol. The van der Waals surface area contributed by atoms with E-state index in [1.807, 2.05) is 6.92 Å². The van der Waals surface area contributed by atoms with Gasteiger partial charge in [0.05, 0.1) is 0 Å². The van der Waals surface area contributed by atoms with E-state index in [-0.39, 0.29) is 25.0 Å². The van der Waals surface area contributed by atoms with Gasteiger partial charge in [-0.3, -0.25) is 4.79 Å². The molecule has 8 heteroatoms. The minimum atomic E-state index is -0.682. The Balaban J connectivity index is 1.63. The monoisotopic (exact) mass is 390 g/mol. The molecule has 0 bridgehead atoms. The van der Waals surface area contributed by atoms with Crippen molar-refractivity contribution < 1.29 is 29.2 Å². The lowest BCUT2D eigenvalue weighted by atomic mass is 10.3. The second-order valence-corrected chi connectivity index (χ2v) is 6.31. The molecule has 0 aromatic heterocycles. The minimum Gasteiger partial charge on any atom is -0.508 e. The Morgan fingerprint density at radius 3 is 2.04 bits per heavy atom. The lowest BCUT2D eigenvalue weighted by Gasteiger charge is -2.18. The molecule has 0 spiro atoms. The van der Waals surface area contributed by atoms with Crippen molar-refractivity contribution in [2.75, 3.05) is 26.4 Å². The number of amides is 1. The number of carbonyl (C=O) groups excluding carboxylic acids is 1. The molecule has 2 aromatic rings. The highest BCUT2D eigenvalue weighted by Crippen LogP contribution is 2.18. The Morgan fingerprint density at radius 2 is 1.46 bits per heavy atom. The number of phenolic OH excluding ortho intramolecular Hbond substituents is 1. The molecule has 5 N–H and O–H groups in total. The van der Waals surface area contributed by atoms with Crippen LogP contribution in [0.5, 0.6) is 23.0 Å². The first-order chi connectivity index (χ1) is 13.4. The molecule has 2 rings (SSSR count). The molecule has 2 atom stereocenters. The van der Waals surface area contributed by atoms with E-state index in [1.165, 1.54) is 12.1 Å². The van der Waals surface area contributed by atoms with Gasteiger partial charge in [0.1, 0.15) is 42.3 Å². The molecular formula is C20H26N2O6. The van der Waals surface area contributed by atoms with Crippen molar-refractivity contribution in [1.29, 1.82) is 0 Å². The van der Waals surface area contributed by atoms with Crippen molar-refractivity contribution in [3.8, 4) is 23.0 Å². The average molecular weight is 390 g/mol. The van der Waals surface area contributed by atoms with Crippen LogP contribution in [0.25, 0.3) is 0 Å². The largest absolute Gasteiger partial charge is 0.508 e. The second kappa shape index (κ2) is 11.0. The van der Waals surface area contributed by atoms with Gasteiger partial charge in [-0.05, 0) is 55.5 Å². The summed E-state index contributed by atoms with van der Waals surface area (Å²) in [6.45, 7) is 2.67. The van der Waals surface area contributed by atoms with E-state index in [2.05, 4.69) is 5.32 Å². The highest BCUT2D eigenvalue weighted by molar-refractivity contribution is 5.75. The number of nitrogens with two attached hydrogens (primary N) is 1. The van der Waals surface area contributed by atoms with Crippen LogP contribution in [0.2, 0.25) is 0 Å². The third-order valence-electron chi connectivity index (χ3n) is 3.69. The lowest BCUT2D eigenvalue weighted by Crippen LogP contribution is -2.39. The highest BCUT2D eigenvalue weighted by atomic mass is 16.5. The summed E-state index contributed by atoms with van der Waals surface area (Å²) < 4.78 is 16.3. The molecule has 0 aliphatic rings. The molecule has 0 radical (unpaired) electrons. The maximum atomic E-state index is 10.7. The van der Waals surface area contributed by atoms with E-state index in [4.69, 9.17) is 19.9 Å². The van der Waals surface area contributed by atoms with Gasteiger partial charge in [-0.25, -0.2) is 0 Å². The molecule has 8 nitrogen and oxygen atoms in total. The van der Waals surface area contributed by atoms with Crippen molar-refractivity contribution in [1.82, 2.24) is 5.32 Å². The van der Waals surface area contributed by atoms with Crippen molar-refractivity contribution in [3.05, 3.63) is 48.5 Å². The number of aromatic hydroxyl groups is 1. The first-order valence-corrected chi connectivity index (χ1v) is 8.89. The number of nitrogens with one attached hydrogen (secondary N) is 1. The van der Waals surface area contributed by atoms with Crippen molar-refractivity contribution in [3.63, 3.8) is 0 Å². The topological polar surface area (TPSA) is 123 Å². The molecule has 28 heavy (non-hydrogen) atoms. The van der Waals surface area contributed by atoms with E-state index in [0.717, 1.165) is 0 Å². The number of primary amides is 1. The number of aliphatic hydroxyl groups is 1. The summed E-state index contributed by atoms with van der Waals surface area (Å²) in [5, 5.41) is 22.4. The number of hydrogen-bond donors (Lipinski definition) is 4. The Labute approximate surface area is 163 Å². The van der Waals surface area contributed by atoms with Gasteiger partial charge in [-0.2, -0.15) is 0 Å². The molecule has 0 heterocycles. The summed E-state index contributed by atoms with van der Waals surface area (Å²) in [5.74, 6) is 1.41. The summed E-state index contributed by atoms with van der Waals surface area (Å²) in [4.78, 5) is 10.7. The molecule has 152 valence electrons. The van der Waals surface area contributed by atoms with Gasteiger partial charge in [0, 0.05) is 12.6 Å². The lowest BCUT2D eigenvalue weighted by molar-refractivity contribution is -0.119. The fourth-order valence-electron chi connectivity index (χ4n) is 2.20. The Kier molecular flexibility index (Phi) is 8.38.